The third kappa shape index (κ3) is 19.5. The second-order valence-corrected chi connectivity index (χ2v) is 5.52. The second kappa shape index (κ2) is 14.5. The van der Waals surface area contributed by atoms with Gasteiger partial charge < -0.3 is 0 Å². The molecule has 0 aromatic carbocycles. The van der Waals surface area contributed by atoms with Crippen molar-refractivity contribution in [3.8, 4) is 0 Å². The van der Waals surface area contributed by atoms with Crippen LogP contribution in [-0.4, -0.2) is 57.3 Å². The van der Waals surface area contributed by atoms with Crippen LogP contribution in [0.2, 0.25) is 0 Å². The van der Waals surface area contributed by atoms with Crippen molar-refractivity contribution in [2.45, 2.75) is 71.1 Å². The summed E-state index contributed by atoms with van der Waals surface area (Å²) in [5, 5.41) is 0. The van der Waals surface area contributed by atoms with Crippen molar-refractivity contribution in [1.29, 1.82) is 0 Å². The molecule has 0 rings (SSSR count). The van der Waals surface area contributed by atoms with Crippen LogP contribution in [0.3, 0.4) is 0 Å². The molecule has 0 bridgehead atoms. The first-order valence-corrected chi connectivity index (χ1v) is 8.04. The van der Waals surface area contributed by atoms with Gasteiger partial charge in [-0.25, -0.2) is 4.18 Å². The van der Waals surface area contributed by atoms with Crippen LogP contribution in [0.5, 0.6) is 0 Å². The zero-order valence-corrected chi connectivity index (χ0v) is 11.7. The van der Waals surface area contributed by atoms with E-state index in [1.807, 2.05) is 0 Å². The topological polar surface area (TPSA) is 63.6 Å². The molecule has 0 aliphatic carbocycles. The summed E-state index contributed by atoms with van der Waals surface area (Å²) in [5.74, 6) is 0. The van der Waals surface area contributed by atoms with Crippen molar-refractivity contribution in [2.24, 2.45) is 0 Å². The van der Waals surface area contributed by atoms with E-state index in [0.717, 1.165) is 12.8 Å². The number of hydrogen-bond acceptors (Lipinski definition) is 3. The van der Waals surface area contributed by atoms with Crippen LogP contribution in [0, 0.1) is 0 Å². The van der Waals surface area contributed by atoms with Crippen LogP contribution in [0.1, 0.15) is 71.1 Å². The summed E-state index contributed by atoms with van der Waals surface area (Å²) < 4.78 is 33.0. The molecule has 6 heteroatoms. The SMILES string of the molecule is CCCCCCCCCCCCOS(=O)(=O)O.[CaH2]. The van der Waals surface area contributed by atoms with E-state index < -0.39 is 10.4 Å². The molecule has 0 atom stereocenters. The summed E-state index contributed by atoms with van der Waals surface area (Å²) in [4.78, 5) is 0. The summed E-state index contributed by atoms with van der Waals surface area (Å²) in [6, 6.07) is 0. The van der Waals surface area contributed by atoms with E-state index in [1.54, 1.807) is 0 Å². The average Bonchev–Trinajstić information content (AvgIpc) is 2.24. The molecule has 0 radical (unpaired) electrons. The third-order valence-corrected chi connectivity index (χ3v) is 3.19. The Labute approximate surface area is 142 Å². The summed E-state index contributed by atoms with van der Waals surface area (Å²) in [7, 11) is -4.23. The second-order valence-electron chi connectivity index (χ2n) is 4.43. The van der Waals surface area contributed by atoms with Gasteiger partial charge in [-0.05, 0) is 6.42 Å². The summed E-state index contributed by atoms with van der Waals surface area (Å²) in [6.45, 7) is 2.31. The van der Waals surface area contributed by atoms with Crippen molar-refractivity contribution in [2.75, 3.05) is 6.61 Å². The van der Waals surface area contributed by atoms with Gasteiger partial charge in [0, 0.05) is 0 Å². The number of hydrogen-bond donors (Lipinski definition) is 1. The van der Waals surface area contributed by atoms with Crippen LogP contribution in [0.25, 0.3) is 0 Å². The van der Waals surface area contributed by atoms with Crippen LogP contribution < -0.4 is 0 Å². The molecular weight excluding hydrogens is 280 g/mol. The molecule has 0 unspecified atom stereocenters. The van der Waals surface area contributed by atoms with E-state index in [-0.39, 0.29) is 44.3 Å². The zero-order valence-electron chi connectivity index (χ0n) is 10.9. The van der Waals surface area contributed by atoms with Gasteiger partial charge in [0.2, 0.25) is 0 Å². The predicted molar refractivity (Wildman–Crippen MR) is 77.9 cm³/mol. The number of unbranched alkanes of at least 4 members (excludes halogenated alkanes) is 9. The molecule has 18 heavy (non-hydrogen) atoms. The summed E-state index contributed by atoms with van der Waals surface area (Å²) >= 11 is 0. The molecule has 0 aliphatic heterocycles. The molecule has 0 spiro atoms. The molecule has 108 valence electrons. The summed E-state index contributed by atoms with van der Waals surface area (Å²) in [6.07, 6.45) is 11.9. The Morgan fingerprint density at radius 2 is 1.22 bits per heavy atom. The monoisotopic (exact) mass is 308 g/mol. The zero-order chi connectivity index (χ0) is 13.0. The first kappa shape index (κ1) is 21.4. The average molecular weight is 308 g/mol. The van der Waals surface area contributed by atoms with Crippen LogP contribution >= 0.6 is 0 Å². The third-order valence-electron chi connectivity index (χ3n) is 2.73. The van der Waals surface area contributed by atoms with Crippen molar-refractivity contribution in [3.05, 3.63) is 0 Å². The molecule has 0 heterocycles. The van der Waals surface area contributed by atoms with Gasteiger partial charge >= 0.3 is 48.1 Å². The van der Waals surface area contributed by atoms with E-state index in [4.69, 9.17) is 4.55 Å². The van der Waals surface area contributed by atoms with Crippen molar-refractivity contribution < 1.29 is 17.2 Å². The fourth-order valence-electron chi connectivity index (χ4n) is 1.75. The van der Waals surface area contributed by atoms with Crippen LogP contribution in [-0.2, 0) is 14.6 Å². The fourth-order valence-corrected chi connectivity index (χ4v) is 2.08. The Bertz CT molecular complexity index is 255. The quantitative estimate of drug-likeness (QED) is 0.342. The first-order chi connectivity index (χ1) is 8.06. The van der Waals surface area contributed by atoms with Crippen molar-refractivity contribution in [1.82, 2.24) is 0 Å². The Morgan fingerprint density at radius 3 is 1.61 bits per heavy atom. The maximum absolute atomic E-state index is 10.2. The van der Waals surface area contributed by atoms with Crippen LogP contribution in [0.4, 0.5) is 0 Å². The normalized spacial score (nSPS) is 11.2. The van der Waals surface area contributed by atoms with Crippen LogP contribution in [0.15, 0.2) is 0 Å². The molecule has 0 fully saturated rings. The van der Waals surface area contributed by atoms with Gasteiger partial charge in [0.15, 0.2) is 0 Å². The van der Waals surface area contributed by atoms with Gasteiger partial charge in [0.1, 0.15) is 0 Å². The minimum atomic E-state index is -4.23. The Kier molecular flexibility index (Phi) is 17.3. The van der Waals surface area contributed by atoms with Crippen molar-refractivity contribution >= 4 is 48.1 Å². The van der Waals surface area contributed by atoms with Gasteiger partial charge in [0.25, 0.3) is 0 Å². The van der Waals surface area contributed by atoms with E-state index in [0.29, 0.717) is 6.42 Å². The minimum absolute atomic E-state index is 0. The molecule has 0 aromatic heterocycles. The maximum atomic E-state index is 10.2. The molecule has 0 aliphatic rings. The molecule has 0 amide bonds. The van der Waals surface area contributed by atoms with Gasteiger partial charge in [-0.1, -0.05) is 64.7 Å². The Hall–Kier alpha value is 1.13. The van der Waals surface area contributed by atoms with Gasteiger partial charge in [-0.15, -0.1) is 0 Å². The first-order valence-electron chi connectivity index (χ1n) is 6.68. The summed E-state index contributed by atoms with van der Waals surface area (Å²) in [5.41, 5.74) is 0. The van der Waals surface area contributed by atoms with Gasteiger partial charge in [-0.3, -0.25) is 4.55 Å². The number of rotatable bonds is 12. The standard InChI is InChI=1S/C12H26O4S.Ca.2H/c1-2-3-4-5-6-7-8-9-10-11-12-16-17(13,14)15;;;/h2-12H2,1H3,(H,13,14,15);;;. The molecule has 0 aromatic rings. The molecule has 0 saturated heterocycles. The van der Waals surface area contributed by atoms with Gasteiger partial charge in [0.05, 0.1) is 6.61 Å². The van der Waals surface area contributed by atoms with E-state index in [9.17, 15) is 8.42 Å². The molecule has 1 N–H and O–H groups in total. The van der Waals surface area contributed by atoms with E-state index in [1.165, 1.54) is 44.9 Å². The van der Waals surface area contributed by atoms with Crippen molar-refractivity contribution in [3.63, 3.8) is 0 Å². The predicted octanol–water partition coefficient (Wildman–Crippen LogP) is 2.81. The van der Waals surface area contributed by atoms with E-state index >= 15 is 0 Å². The Balaban J connectivity index is 0. The molecular formula is C12H28CaO4S. The fraction of sp³-hybridized carbons (Fsp3) is 1.00. The van der Waals surface area contributed by atoms with Gasteiger partial charge in [-0.2, -0.15) is 8.42 Å². The molecule has 4 nitrogen and oxygen atoms in total. The Morgan fingerprint density at radius 1 is 0.833 bits per heavy atom. The molecule has 0 saturated carbocycles. The van der Waals surface area contributed by atoms with E-state index in [2.05, 4.69) is 11.1 Å².